The maximum absolute atomic E-state index is 11.7. The van der Waals surface area contributed by atoms with Crippen molar-refractivity contribution in [3.05, 3.63) is 0 Å². The van der Waals surface area contributed by atoms with E-state index in [0.717, 1.165) is 25.9 Å². The summed E-state index contributed by atoms with van der Waals surface area (Å²) in [6.07, 6.45) is 1.41. The highest BCUT2D eigenvalue weighted by atomic mass is 16.4. The number of piperidine rings is 1. The summed E-state index contributed by atoms with van der Waals surface area (Å²) in [5, 5.41) is 13.8. The average Bonchev–Trinajstić information content (AvgIpc) is 2.27. The Labute approximate surface area is 111 Å². The number of nitrogens with zero attached hydrogens (tertiary/aromatic N) is 1. The molecule has 0 aromatic rings. The molecule has 1 heterocycles. The summed E-state index contributed by atoms with van der Waals surface area (Å²) in [5.41, 5.74) is 4.93. The van der Waals surface area contributed by atoms with E-state index in [1.54, 1.807) is 0 Å². The third-order valence-electron chi connectivity index (χ3n) is 2.97. The second-order valence-corrected chi connectivity index (χ2v) is 4.78. The number of aliphatic carboxylic acids is 1. The third kappa shape index (κ3) is 5.56. The van der Waals surface area contributed by atoms with Gasteiger partial charge in [0, 0.05) is 12.6 Å². The number of amides is 3. The lowest BCUT2D eigenvalue weighted by atomic mass is 10.1. The van der Waals surface area contributed by atoms with Gasteiger partial charge in [0.2, 0.25) is 5.91 Å². The van der Waals surface area contributed by atoms with Gasteiger partial charge in [0.1, 0.15) is 6.04 Å². The number of carboxylic acid groups (broad SMARTS) is 1. The number of carboxylic acids is 1. The van der Waals surface area contributed by atoms with Crippen molar-refractivity contribution in [2.24, 2.45) is 5.73 Å². The minimum atomic E-state index is -1.29. The first-order valence-electron chi connectivity index (χ1n) is 6.15. The number of likely N-dealkylation sites (N-methyl/N-ethyl adjacent to an activating group) is 1. The van der Waals surface area contributed by atoms with E-state index in [0.29, 0.717) is 0 Å². The fraction of sp³-hybridized carbons (Fsp3) is 0.727. The van der Waals surface area contributed by atoms with E-state index >= 15 is 0 Å². The number of likely N-dealkylation sites (tertiary alicyclic amines) is 1. The summed E-state index contributed by atoms with van der Waals surface area (Å²) in [5.74, 6) is -2.06. The van der Waals surface area contributed by atoms with Crippen molar-refractivity contribution in [1.82, 2.24) is 15.5 Å². The molecule has 0 bridgehead atoms. The fourth-order valence-electron chi connectivity index (χ4n) is 2.07. The van der Waals surface area contributed by atoms with Gasteiger partial charge in [-0.2, -0.15) is 0 Å². The molecular formula is C11H20N4O4. The molecule has 1 aliphatic heterocycles. The van der Waals surface area contributed by atoms with Crippen LogP contribution in [0.3, 0.4) is 0 Å². The van der Waals surface area contributed by atoms with Gasteiger partial charge in [0.05, 0.1) is 6.42 Å². The molecule has 5 N–H and O–H groups in total. The van der Waals surface area contributed by atoms with Gasteiger partial charge in [-0.15, -0.1) is 0 Å². The molecule has 3 amide bonds. The van der Waals surface area contributed by atoms with Crippen LogP contribution >= 0.6 is 0 Å². The molecule has 1 rings (SSSR count). The predicted molar refractivity (Wildman–Crippen MR) is 67.4 cm³/mol. The molecule has 1 saturated heterocycles. The largest absolute Gasteiger partial charge is 0.480 e. The molecule has 1 aliphatic rings. The Bertz CT molecular complexity index is 361. The van der Waals surface area contributed by atoms with Crippen molar-refractivity contribution < 1.29 is 19.5 Å². The van der Waals surface area contributed by atoms with Crippen LogP contribution in [0, 0.1) is 0 Å². The van der Waals surface area contributed by atoms with Crippen LogP contribution in [-0.2, 0) is 9.59 Å². The van der Waals surface area contributed by atoms with E-state index in [1.165, 1.54) is 0 Å². The van der Waals surface area contributed by atoms with Crippen molar-refractivity contribution in [3.8, 4) is 0 Å². The minimum absolute atomic E-state index is 0.0122. The SMILES string of the molecule is CN1CCCC(NC(=O)N[C@@H](CC(N)=O)C(=O)O)C1. The van der Waals surface area contributed by atoms with Gasteiger partial charge in [0.25, 0.3) is 0 Å². The molecule has 1 fully saturated rings. The topological polar surface area (TPSA) is 125 Å². The van der Waals surface area contributed by atoms with Crippen LogP contribution in [0.25, 0.3) is 0 Å². The number of carbonyl (C=O) groups is 3. The molecule has 0 spiro atoms. The molecule has 0 radical (unpaired) electrons. The molecule has 0 aromatic heterocycles. The molecule has 8 nitrogen and oxygen atoms in total. The van der Waals surface area contributed by atoms with Gasteiger partial charge in [-0.3, -0.25) is 4.79 Å². The highest BCUT2D eigenvalue weighted by Crippen LogP contribution is 2.07. The van der Waals surface area contributed by atoms with Gasteiger partial charge < -0.3 is 26.4 Å². The van der Waals surface area contributed by atoms with Gasteiger partial charge in [-0.25, -0.2) is 9.59 Å². The highest BCUT2D eigenvalue weighted by Gasteiger charge is 2.24. The van der Waals surface area contributed by atoms with E-state index in [4.69, 9.17) is 10.8 Å². The average molecular weight is 272 g/mol. The Morgan fingerprint density at radius 2 is 2.16 bits per heavy atom. The number of primary amides is 1. The van der Waals surface area contributed by atoms with Crippen LogP contribution in [0.1, 0.15) is 19.3 Å². The number of nitrogens with two attached hydrogens (primary N) is 1. The smallest absolute Gasteiger partial charge is 0.326 e. The van der Waals surface area contributed by atoms with Crippen molar-refractivity contribution in [2.45, 2.75) is 31.3 Å². The van der Waals surface area contributed by atoms with Crippen molar-refractivity contribution >= 4 is 17.9 Å². The summed E-state index contributed by atoms with van der Waals surface area (Å²) >= 11 is 0. The van der Waals surface area contributed by atoms with Gasteiger partial charge in [-0.05, 0) is 26.4 Å². The Morgan fingerprint density at radius 3 is 2.68 bits per heavy atom. The number of urea groups is 1. The Morgan fingerprint density at radius 1 is 1.47 bits per heavy atom. The van der Waals surface area contributed by atoms with Crippen molar-refractivity contribution in [1.29, 1.82) is 0 Å². The summed E-state index contributed by atoms with van der Waals surface area (Å²) in [7, 11) is 1.96. The van der Waals surface area contributed by atoms with Crippen LogP contribution in [0.5, 0.6) is 0 Å². The lowest BCUT2D eigenvalue weighted by Gasteiger charge is -2.30. The third-order valence-corrected chi connectivity index (χ3v) is 2.97. The quantitative estimate of drug-likeness (QED) is 0.495. The molecule has 0 saturated carbocycles. The van der Waals surface area contributed by atoms with Crippen molar-refractivity contribution in [2.75, 3.05) is 20.1 Å². The second kappa shape index (κ2) is 6.93. The minimum Gasteiger partial charge on any atom is -0.480 e. The molecule has 0 aliphatic carbocycles. The van der Waals surface area contributed by atoms with E-state index in [-0.39, 0.29) is 6.04 Å². The zero-order valence-electron chi connectivity index (χ0n) is 10.9. The number of rotatable bonds is 5. The standard InChI is InChI=1S/C11H20N4O4/c1-15-4-2-3-7(6-15)13-11(19)14-8(10(17)18)5-9(12)16/h7-8H,2-6H2,1H3,(H2,12,16)(H,17,18)(H2,13,14,19)/t7?,8-/m0/s1. The lowest BCUT2D eigenvalue weighted by molar-refractivity contribution is -0.140. The molecule has 8 heteroatoms. The van der Waals surface area contributed by atoms with Crippen LogP contribution in [0.4, 0.5) is 4.79 Å². The number of hydrogen-bond donors (Lipinski definition) is 4. The maximum Gasteiger partial charge on any atom is 0.326 e. The van der Waals surface area contributed by atoms with E-state index in [2.05, 4.69) is 15.5 Å². The number of hydrogen-bond acceptors (Lipinski definition) is 4. The molecule has 1 unspecified atom stereocenters. The normalized spacial score (nSPS) is 21.4. The maximum atomic E-state index is 11.7. The highest BCUT2D eigenvalue weighted by molar-refractivity contribution is 5.87. The molecule has 19 heavy (non-hydrogen) atoms. The van der Waals surface area contributed by atoms with Crippen LogP contribution in [0.2, 0.25) is 0 Å². The first-order chi connectivity index (χ1) is 8.88. The van der Waals surface area contributed by atoms with Crippen LogP contribution in [0.15, 0.2) is 0 Å². The van der Waals surface area contributed by atoms with Gasteiger partial charge >= 0.3 is 12.0 Å². The predicted octanol–water partition coefficient (Wildman–Crippen LogP) is -1.29. The Hall–Kier alpha value is -1.83. The first kappa shape index (κ1) is 15.2. The van der Waals surface area contributed by atoms with Gasteiger partial charge in [0.15, 0.2) is 0 Å². The number of nitrogens with one attached hydrogen (secondary N) is 2. The zero-order chi connectivity index (χ0) is 14.4. The zero-order valence-corrected chi connectivity index (χ0v) is 10.9. The lowest BCUT2D eigenvalue weighted by Crippen LogP contribution is -2.53. The Kier molecular flexibility index (Phi) is 5.56. The van der Waals surface area contributed by atoms with Gasteiger partial charge in [-0.1, -0.05) is 0 Å². The summed E-state index contributed by atoms with van der Waals surface area (Å²) in [4.78, 5) is 35.3. The monoisotopic (exact) mass is 272 g/mol. The molecule has 108 valence electrons. The van der Waals surface area contributed by atoms with Crippen LogP contribution < -0.4 is 16.4 Å². The summed E-state index contributed by atoms with van der Waals surface area (Å²) in [6, 6.07) is -1.89. The number of carbonyl (C=O) groups excluding carboxylic acids is 2. The van der Waals surface area contributed by atoms with Crippen molar-refractivity contribution in [3.63, 3.8) is 0 Å². The summed E-state index contributed by atoms with van der Waals surface area (Å²) < 4.78 is 0. The first-order valence-corrected chi connectivity index (χ1v) is 6.15. The van der Waals surface area contributed by atoms with E-state index in [9.17, 15) is 14.4 Å². The Balaban J connectivity index is 2.43. The fourth-order valence-corrected chi connectivity index (χ4v) is 2.07. The van der Waals surface area contributed by atoms with Crippen LogP contribution in [-0.4, -0.2) is 60.1 Å². The second-order valence-electron chi connectivity index (χ2n) is 4.78. The summed E-state index contributed by atoms with van der Waals surface area (Å²) in [6.45, 7) is 1.71. The van der Waals surface area contributed by atoms with E-state index < -0.39 is 30.4 Å². The van der Waals surface area contributed by atoms with E-state index in [1.807, 2.05) is 7.05 Å². The molecule has 0 aromatic carbocycles. The molecular weight excluding hydrogens is 252 g/mol. The molecule has 2 atom stereocenters.